The van der Waals surface area contributed by atoms with E-state index in [0.717, 1.165) is 30.3 Å². The van der Waals surface area contributed by atoms with Crippen molar-refractivity contribution in [3.63, 3.8) is 0 Å². The summed E-state index contributed by atoms with van der Waals surface area (Å²) >= 11 is 0. The van der Waals surface area contributed by atoms with Gasteiger partial charge in [-0.1, -0.05) is 0 Å². The molecule has 0 spiro atoms. The summed E-state index contributed by atoms with van der Waals surface area (Å²) in [6, 6.07) is 5.37. The summed E-state index contributed by atoms with van der Waals surface area (Å²) in [4.78, 5) is 11.7. The van der Waals surface area contributed by atoms with Crippen molar-refractivity contribution in [3.05, 3.63) is 65.2 Å². The number of halogens is 4. The Balaban J connectivity index is 2.20. The van der Waals surface area contributed by atoms with Crippen molar-refractivity contribution in [2.75, 3.05) is 5.32 Å². The maximum atomic E-state index is 12.9. The summed E-state index contributed by atoms with van der Waals surface area (Å²) in [5.74, 6) is -5.18. The average Bonchev–Trinajstić information content (AvgIpc) is 2.37. The topological polar surface area (TPSA) is 29.1 Å². The van der Waals surface area contributed by atoms with Crippen LogP contribution in [0.3, 0.4) is 0 Å². The number of nitrogens with one attached hydrogen (secondary N) is 1. The van der Waals surface area contributed by atoms with Gasteiger partial charge in [-0.05, 0) is 30.3 Å². The minimum Gasteiger partial charge on any atom is -0.322 e. The molecular weight excluding hydrogens is 262 g/mol. The first kappa shape index (κ1) is 13.1. The Hall–Kier alpha value is -2.37. The van der Waals surface area contributed by atoms with Crippen LogP contribution in [0.25, 0.3) is 0 Å². The molecule has 0 saturated carbocycles. The number of amides is 1. The van der Waals surface area contributed by atoms with Crippen LogP contribution in [-0.2, 0) is 0 Å². The van der Waals surface area contributed by atoms with E-state index in [2.05, 4.69) is 5.32 Å². The number of anilines is 1. The zero-order chi connectivity index (χ0) is 14.0. The van der Waals surface area contributed by atoms with Crippen LogP contribution in [0.2, 0.25) is 0 Å². The third kappa shape index (κ3) is 2.90. The van der Waals surface area contributed by atoms with E-state index >= 15 is 0 Å². The molecule has 2 rings (SSSR count). The maximum absolute atomic E-state index is 12.9. The minimum absolute atomic E-state index is 0.00799. The first-order chi connectivity index (χ1) is 8.97. The highest BCUT2D eigenvalue weighted by Gasteiger charge is 2.11. The van der Waals surface area contributed by atoms with E-state index in [4.69, 9.17) is 0 Å². The van der Waals surface area contributed by atoms with E-state index in [0.29, 0.717) is 6.07 Å². The molecule has 0 heterocycles. The molecule has 2 aromatic rings. The predicted molar refractivity (Wildman–Crippen MR) is 60.7 cm³/mol. The van der Waals surface area contributed by atoms with E-state index in [1.807, 2.05) is 0 Å². The van der Waals surface area contributed by atoms with Gasteiger partial charge in [0.15, 0.2) is 23.3 Å². The second-order valence-electron chi connectivity index (χ2n) is 3.71. The van der Waals surface area contributed by atoms with E-state index in [1.165, 1.54) is 0 Å². The molecule has 0 aliphatic carbocycles. The molecule has 0 aliphatic rings. The van der Waals surface area contributed by atoms with Gasteiger partial charge in [0.25, 0.3) is 5.91 Å². The van der Waals surface area contributed by atoms with Crippen LogP contribution in [0, 0.1) is 23.3 Å². The number of rotatable bonds is 2. The number of benzene rings is 2. The molecule has 0 aromatic heterocycles. The van der Waals surface area contributed by atoms with E-state index in [9.17, 15) is 22.4 Å². The zero-order valence-corrected chi connectivity index (χ0v) is 9.38. The van der Waals surface area contributed by atoms with Crippen molar-refractivity contribution >= 4 is 11.6 Å². The fourth-order valence-electron chi connectivity index (χ4n) is 1.41. The molecule has 0 fully saturated rings. The van der Waals surface area contributed by atoms with Crippen molar-refractivity contribution < 1.29 is 22.4 Å². The van der Waals surface area contributed by atoms with Gasteiger partial charge in [0.05, 0.1) is 0 Å². The SMILES string of the molecule is O=C(Nc1ccc(F)c(F)c1)c1ccc(F)c(F)c1. The Bertz CT molecular complexity index is 643. The standard InChI is InChI=1S/C13H7F4NO/c14-9-3-1-7(5-11(9)16)13(19)18-8-2-4-10(15)12(17)6-8/h1-6H,(H,18,19). The normalized spacial score (nSPS) is 10.3. The molecule has 0 unspecified atom stereocenters. The highest BCUT2D eigenvalue weighted by Crippen LogP contribution is 2.15. The zero-order valence-electron chi connectivity index (χ0n) is 9.38. The maximum Gasteiger partial charge on any atom is 0.255 e. The Morgan fingerprint density at radius 3 is 1.95 bits per heavy atom. The number of hydrogen-bond acceptors (Lipinski definition) is 1. The highest BCUT2D eigenvalue weighted by molar-refractivity contribution is 6.04. The molecular formula is C13H7F4NO. The quantitative estimate of drug-likeness (QED) is 0.831. The van der Waals surface area contributed by atoms with Crippen LogP contribution in [0.5, 0.6) is 0 Å². The first-order valence-electron chi connectivity index (χ1n) is 5.19. The molecule has 6 heteroatoms. The van der Waals surface area contributed by atoms with Crippen LogP contribution in [-0.4, -0.2) is 5.91 Å². The van der Waals surface area contributed by atoms with Crippen molar-refractivity contribution in [1.29, 1.82) is 0 Å². The van der Waals surface area contributed by atoms with Crippen molar-refractivity contribution in [2.24, 2.45) is 0 Å². The molecule has 0 aliphatic heterocycles. The third-order valence-electron chi connectivity index (χ3n) is 2.36. The van der Waals surface area contributed by atoms with Crippen LogP contribution >= 0.6 is 0 Å². The van der Waals surface area contributed by atoms with Gasteiger partial charge in [0.2, 0.25) is 0 Å². The van der Waals surface area contributed by atoms with Gasteiger partial charge < -0.3 is 5.32 Å². The number of carbonyl (C=O) groups is 1. The van der Waals surface area contributed by atoms with Crippen molar-refractivity contribution in [2.45, 2.75) is 0 Å². The summed E-state index contributed by atoms with van der Waals surface area (Å²) in [5.41, 5.74) is -0.128. The second-order valence-corrected chi connectivity index (χ2v) is 3.71. The fourth-order valence-corrected chi connectivity index (χ4v) is 1.41. The van der Waals surface area contributed by atoms with Gasteiger partial charge in [-0.15, -0.1) is 0 Å². The molecule has 0 saturated heterocycles. The molecule has 1 N–H and O–H groups in total. The van der Waals surface area contributed by atoms with Crippen LogP contribution in [0.4, 0.5) is 23.2 Å². The minimum atomic E-state index is -1.17. The number of hydrogen-bond donors (Lipinski definition) is 1. The van der Waals surface area contributed by atoms with Gasteiger partial charge in [-0.2, -0.15) is 0 Å². The van der Waals surface area contributed by atoms with Crippen LogP contribution in [0.1, 0.15) is 10.4 Å². The molecule has 1 amide bonds. The third-order valence-corrected chi connectivity index (χ3v) is 2.36. The lowest BCUT2D eigenvalue weighted by Gasteiger charge is -2.06. The molecule has 0 radical (unpaired) electrons. The fraction of sp³-hybridized carbons (Fsp3) is 0. The van der Waals surface area contributed by atoms with Gasteiger partial charge in [-0.25, -0.2) is 17.6 Å². The molecule has 0 atom stereocenters. The first-order valence-corrected chi connectivity index (χ1v) is 5.19. The summed E-state index contributed by atoms with van der Waals surface area (Å²) in [6.45, 7) is 0. The van der Waals surface area contributed by atoms with Gasteiger partial charge in [-0.3, -0.25) is 4.79 Å². The molecule has 0 bridgehead atoms. The lowest BCUT2D eigenvalue weighted by molar-refractivity contribution is 0.102. The number of carbonyl (C=O) groups excluding carboxylic acids is 1. The summed E-state index contributed by atoms with van der Waals surface area (Å²) in [6.07, 6.45) is 0. The Kier molecular flexibility index (Phi) is 3.50. The molecule has 19 heavy (non-hydrogen) atoms. The summed E-state index contributed by atoms with van der Waals surface area (Å²) < 4.78 is 51.2. The Morgan fingerprint density at radius 1 is 0.789 bits per heavy atom. The highest BCUT2D eigenvalue weighted by atomic mass is 19.2. The Morgan fingerprint density at radius 2 is 1.37 bits per heavy atom. The smallest absolute Gasteiger partial charge is 0.255 e. The predicted octanol–water partition coefficient (Wildman–Crippen LogP) is 3.50. The second kappa shape index (κ2) is 5.09. The van der Waals surface area contributed by atoms with Crippen LogP contribution < -0.4 is 5.32 Å². The monoisotopic (exact) mass is 269 g/mol. The van der Waals surface area contributed by atoms with Crippen LogP contribution in [0.15, 0.2) is 36.4 Å². The largest absolute Gasteiger partial charge is 0.322 e. The lowest BCUT2D eigenvalue weighted by atomic mass is 10.2. The van der Waals surface area contributed by atoms with Gasteiger partial charge in [0.1, 0.15) is 0 Å². The molecule has 98 valence electrons. The molecule has 2 aromatic carbocycles. The summed E-state index contributed by atoms with van der Waals surface area (Å²) in [7, 11) is 0. The molecule has 2 nitrogen and oxygen atoms in total. The van der Waals surface area contributed by atoms with Crippen molar-refractivity contribution in [1.82, 2.24) is 0 Å². The average molecular weight is 269 g/mol. The van der Waals surface area contributed by atoms with E-state index < -0.39 is 29.2 Å². The van der Waals surface area contributed by atoms with E-state index in [-0.39, 0.29) is 11.3 Å². The van der Waals surface area contributed by atoms with Gasteiger partial charge in [0, 0.05) is 17.3 Å². The Labute approximate surface area is 105 Å². The summed E-state index contributed by atoms with van der Waals surface area (Å²) in [5, 5.41) is 2.24. The van der Waals surface area contributed by atoms with Gasteiger partial charge >= 0.3 is 0 Å². The lowest BCUT2D eigenvalue weighted by Crippen LogP contribution is -2.12. The van der Waals surface area contributed by atoms with E-state index in [1.54, 1.807) is 0 Å². The van der Waals surface area contributed by atoms with Crippen molar-refractivity contribution in [3.8, 4) is 0 Å².